The van der Waals surface area contributed by atoms with Gasteiger partial charge in [0.1, 0.15) is 5.75 Å². The predicted molar refractivity (Wildman–Crippen MR) is 106 cm³/mol. The molecule has 132 valence electrons. The molecule has 0 heterocycles. The monoisotopic (exact) mass is 385 g/mol. The van der Waals surface area contributed by atoms with E-state index in [0.717, 1.165) is 6.42 Å². The number of nitrogens with one attached hydrogen (secondary N) is 1. The van der Waals surface area contributed by atoms with E-state index in [0.29, 0.717) is 33.7 Å². The Bertz CT molecular complexity index is 898. The molecule has 26 heavy (non-hydrogen) atoms. The molecule has 0 saturated carbocycles. The van der Waals surface area contributed by atoms with Crippen LogP contribution in [0.3, 0.4) is 0 Å². The zero-order chi connectivity index (χ0) is 18.4. The second-order valence-electron chi connectivity index (χ2n) is 5.69. The molecule has 3 rings (SSSR count). The lowest BCUT2D eigenvalue weighted by molar-refractivity contribution is 0.102. The molecule has 0 aliphatic heterocycles. The van der Waals surface area contributed by atoms with Crippen molar-refractivity contribution in [3.63, 3.8) is 0 Å². The van der Waals surface area contributed by atoms with Gasteiger partial charge in [0.05, 0.1) is 17.3 Å². The molecule has 0 fully saturated rings. The van der Waals surface area contributed by atoms with Crippen molar-refractivity contribution < 1.29 is 9.53 Å². The summed E-state index contributed by atoms with van der Waals surface area (Å²) in [6, 6.07) is 22.1. The lowest BCUT2D eigenvalue weighted by Crippen LogP contribution is -2.12. The smallest absolute Gasteiger partial charge is 0.255 e. The van der Waals surface area contributed by atoms with Gasteiger partial charge in [-0.2, -0.15) is 0 Å². The fourth-order valence-electron chi connectivity index (χ4n) is 2.45. The van der Waals surface area contributed by atoms with Crippen molar-refractivity contribution in [2.75, 3.05) is 11.9 Å². The van der Waals surface area contributed by atoms with Crippen molar-refractivity contribution in [3.8, 4) is 5.75 Å². The Morgan fingerprint density at radius 3 is 2.54 bits per heavy atom. The van der Waals surface area contributed by atoms with E-state index >= 15 is 0 Å². The SMILES string of the molecule is O=C(Nc1cc(Cl)ccc1Cl)c1cccc(OCCc2ccccc2)c1. The van der Waals surface area contributed by atoms with E-state index in [1.54, 1.807) is 36.4 Å². The highest BCUT2D eigenvalue weighted by Crippen LogP contribution is 2.26. The molecular formula is C21H17Cl2NO2. The molecule has 0 aromatic heterocycles. The van der Waals surface area contributed by atoms with Crippen molar-refractivity contribution in [2.45, 2.75) is 6.42 Å². The summed E-state index contributed by atoms with van der Waals surface area (Å²) in [4.78, 5) is 12.5. The predicted octanol–water partition coefficient (Wildman–Crippen LogP) is 5.87. The Morgan fingerprint density at radius 1 is 0.923 bits per heavy atom. The van der Waals surface area contributed by atoms with Crippen LogP contribution in [0.1, 0.15) is 15.9 Å². The van der Waals surface area contributed by atoms with Crippen LogP contribution >= 0.6 is 23.2 Å². The number of rotatable bonds is 6. The largest absolute Gasteiger partial charge is 0.493 e. The summed E-state index contributed by atoms with van der Waals surface area (Å²) in [5.41, 5.74) is 2.16. The molecule has 0 unspecified atom stereocenters. The Hall–Kier alpha value is -2.49. The minimum atomic E-state index is -0.275. The average molecular weight is 386 g/mol. The summed E-state index contributed by atoms with van der Waals surface area (Å²) >= 11 is 12.0. The molecule has 0 saturated heterocycles. The number of carbonyl (C=O) groups excluding carboxylic acids is 1. The number of hydrogen-bond donors (Lipinski definition) is 1. The van der Waals surface area contributed by atoms with Crippen molar-refractivity contribution in [1.82, 2.24) is 0 Å². The Kier molecular flexibility index (Phi) is 6.16. The Balaban J connectivity index is 1.62. The number of hydrogen-bond acceptors (Lipinski definition) is 2. The highest BCUT2D eigenvalue weighted by Gasteiger charge is 2.10. The van der Waals surface area contributed by atoms with Gasteiger partial charge >= 0.3 is 0 Å². The van der Waals surface area contributed by atoms with Crippen LogP contribution in [0.15, 0.2) is 72.8 Å². The first-order valence-electron chi connectivity index (χ1n) is 8.15. The minimum Gasteiger partial charge on any atom is -0.493 e. The quantitative estimate of drug-likeness (QED) is 0.576. The van der Waals surface area contributed by atoms with Crippen molar-refractivity contribution in [2.24, 2.45) is 0 Å². The molecule has 0 radical (unpaired) electrons. The fourth-order valence-corrected chi connectivity index (χ4v) is 2.78. The molecule has 3 aromatic rings. The van der Waals surface area contributed by atoms with E-state index < -0.39 is 0 Å². The molecule has 0 spiro atoms. The van der Waals surface area contributed by atoms with Crippen molar-refractivity contribution >= 4 is 34.8 Å². The van der Waals surface area contributed by atoms with Gasteiger partial charge in [0, 0.05) is 17.0 Å². The van der Waals surface area contributed by atoms with Crippen LogP contribution in [0.25, 0.3) is 0 Å². The zero-order valence-electron chi connectivity index (χ0n) is 13.9. The average Bonchev–Trinajstić information content (AvgIpc) is 2.66. The first-order valence-corrected chi connectivity index (χ1v) is 8.90. The first-order chi connectivity index (χ1) is 12.6. The maximum absolute atomic E-state index is 12.5. The number of carbonyl (C=O) groups is 1. The summed E-state index contributed by atoms with van der Waals surface area (Å²) in [5.74, 6) is 0.369. The Labute approximate surface area is 162 Å². The number of halogens is 2. The van der Waals surface area contributed by atoms with E-state index in [1.807, 2.05) is 24.3 Å². The van der Waals surface area contributed by atoms with Gasteiger partial charge in [-0.15, -0.1) is 0 Å². The van der Waals surface area contributed by atoms with Crippen molar-refractivity contribution in [3.05, 3.63) is 94.0 Å². The van der Waals surface area contributed by atoms with Crippen LogP contribution in [0.5, 0.6) is 5.75 Å². The molecule has 0 bridgehead atoms. The molecular weight excluding hydrogens is 369 g/mol. The molecule has 1 amide bonds. The molecule has 1 N–H and O–H groups in total. The van der Waals surface area contributed by atoms with Gasteiger partial charge in [0.15, 0.2) is 0 Å². The second kappa shape index (κ2) is 8.75. The fraction of sp³-hybridized carbons (Fsp3) is 0.0952. The summed E-state index contributed by atoms with van der Waals surface area (Å²) in [5, 5.41) is 3.70. The zero-order valence-corrected chi connectivity index (χ0v) is 15.4. The molecule has 0 aliphatic carbocycles. The van der Waals surface area contributed by atoms with Gasteiger partial charge < -0.3 is 10.1 Å². The molecule has 3 aromatic carbocycles. The second-order valence-corrected chi connectivity index (χ2v) is 6.53. The number of amides is 1. The third-order valence-corrected chi connectivity index (χ3v) is 4.34. The molecule has 3 nitrogen and oxygen atoms in total. The van der Waals surface area contributed by atoms with E-state index in [4.69, 9.17) is 27.9 Å². The van der Waals surface area contributed by atoms with Gasteiger partial charge in [-0.25, -0.2) is 0 Å². The van der Waals surface area contributed by atoms with Crippen LogP contribution in [0.4, 0.5) is 5.69 Å². The Morgan fingerprint density at radius 2 is 1.73 bits per heavy atom. The van der Waals surface area contributed by atoms with Crippen LogP contribution in [-0.2, 0) is 6.42 Å². The lowest BCUT2D eigenvalue weighted by atomic mass is 10.1. The van der Waals surface area contributed by atoms with Crippen LogP contribution in [-0.4, -0.2) is 12.5 Å². The molecule has 5 heteroatoms. The summed E-state index contributed by atoms with van der Waals surface area (Å²) in [6.07, 6.45) is 0.801. The van der Waals surface area contributed by atoms with Crippen molar-refractivity contribution in [1.29, 1.82) is 0 Å². The maximum Gasteiger partial charge on any atom is 0.255 e. The topological polar surface area (TPSA) is 38.3 Å². The summed E-state index contributed by atoms with van der Waals surface area (Å²) in [7, 11) is 0. The third kappa shape index (κ3) is 5.01. The summed E-state index contributed by atoms with van der Waals surface area (Å²) in [6.45, 7) is 0.537. The number of anilines is 1. The minimum absolute atomic E-state index is 0.275. The third-order valence-electron chi connectivity index (χ3n) is 3.78. The van der Waals surface area contributed by atoms with Gasteiger partial charge in [0.2, 0.25) is 0 Å². The lowest BCUT2D eigenvalue weighted by Gasteiger charge is -2.10. The first kappa shape index (κ1) is 18.3. The number of ether oxygens (including phenoxy) is 1. The highest BCUT2D eigenvalue weighted by atomic mass is 35.5. The normalized spacial score (nSPS) is 10.4. The standard InChI is InChI=1S/C21H17Cl2NO2/c22-17-9-10-19(23)20(14-17)24-21(25)16-7-4-8-18(13-16)26-12-11-15-5-2-1-3-6-15/h1-10,13-14H,11-12H2,(H,24,25). The maximum atomic E-state index is 12.5. The van der Waals surface area contributed by atoms with E-state index in [-0.39, 0.29) is 5.91 Å². The van der Waals surface area contributed by atoms with Crippen LogP contribution in [0, 0.1) is 0 Å². The van der Waals surface area contributed by atoms with Gasteiger partial charge in [-0.1, -0.05) is 59.6 Å². The van der Waals surface area contributed by atoms with E-state index in [9.17, 15) is 4.79 Å². The number of benzene rings is 3. The van der Waals surface area contributed by atoms with Crippen LogP contribution < -0.4 is 10.1 Å². The van der Waals surface area contributed by atoms with E-state index in [2.05, 4.69) is 17.4 Å². The molecule has 0 aliphatic rings. The summed E-state index contributed by atoms with van der Waals surface area (Å²) < 4.78 is 5.77. The van der Waals surface area contributed by atoms with Gasteiger partial charge in [-0.05, 0) is 42.0 Å². The van der Waals surface area contributed by atoms with Crippen LogP contribution in [0.2, 0.25) is 10.0 Å². The highest BCUT2D eigenvalue weighted by molar-refractivity contribution is 6.35. The molecule has 0 atom stereocenters. The van der Waals surface area contributed by atoms with Gasteiger partial charge in [0.25, 0.3) is 5.91 Å². The van der Waals surface area contributed by atoms with E-state index in [1.165, 1.54) is 5.56 Å². The van der Waals surface area contributed by atoms with Gasteiger partial charge in [-0.3, -0.25) is 4.79 Å².